The molecule has 6 nitrogen and oxygen atoms in total. The Bertz CT molecular complexity index is 968. The zero-order valence-corrected chi connectivity index (χ0v) is 15.4. The van der Waals surface area contributed by atoms with Crippen LogP contribution in [0.15, 0.2) is 36.4 Å². The molecule has 0 fully saturated rings. The lowest BCUT2D eigenvalue weighted by Crippen LogP contribution is -2.13. The monoisotopic (exact) mass is 393 g/mol. The van der Waals surface area contributed by atoms with Crippen molar-refractivity contribution in [2.24, 2.45) is 0 Å². The molecule has 3 rings (SSSR count). The van der Waals surface area contributed by atoms with E-state index in [0.29, 0.717) is 28.2 Å². The third-order valence-corrected chi connectivity index (χ3v) is 4.04. The maximum atomic E-state index is 13.1. The van der Waals surface area contributed by atoms with E-state index in [0.717, 1.165) is 0 Å². The van der Waals surface area contributed by atoms with Crippen LogP contribution in [0.2, 0.25) is 0 Å². The van der Waals surface area contributed by atoms with Crippen LogP contribution >= 0.6 is 0 Å². The molecule has 0 spiro atoms. The van der Waals surface area contributed by atoms with Gasteiger partial charge in [-0.15, -0.1) is 0 Å². The molecule has 0 aliphatic carbocycles. The Kier molecular flexibility index (Phi) is 5.43. The van der Waals surface area contributed by atoms with Crippen molar-refractivity contribution in [3.8, 4) is 17.2 Å². The number of methoxy groups -OCH3 is 3. The Morgan fingerprint density at radius 3 is 2.14 bits per heavy atom. The first-order valence-corrected chi connectivity index (χ1v) is 8.24. The van der Waals surface area contributed by atoms with Gasteiger partial charge in [0.2, 0.25) is 11.6 Å². The van der Waals surface area contributed by atoms with Crippen molar-refractivity contribution < 1.29 is 27.4 Å². The average molecular weight is 393 g/mol. The van der Waals surface area contributed by atoms with Gasteiger partial charge in [-0.2, -0.15) is 13.2 Å². The first kappa shape index (κ1) is 19.5. The minimum absolute atomic E-state index is 0.0895. The molecule has 1 heterocycles. The van der Waals surface area contributed by atoms with E-state index in [1.807, 2.05) is 0 Å². The summed E-state index contributed by atoms with van der Waals surface area (Å²) in [5, 5.41) is 3.44. The minimum Gasteiger partial charge on any atom is -0.493 e. The second kappa shape index (κ2) is 7.79. The van der Waals surface area contributed by atoms with Gasteiger partial charge in [-0.05, 0) is 29.8 Å². The van der Waals surface area contributed by atoms with Gasteiger partial charge >= 0.3 is 6.18 Å². The molecule has 9 heteroatoms. The van der Waals surface area contributed by atoms with Crippen molar-refractivity contribution in [2.45, 2.75) is 12.7 Å². The molecular formula is C19H18F3N3O3. The molecule has 3 aromatic rings. The quantitative estimate of drug-likeness (QED) is 0.674. The van der Waals surface area contributed by atoms with Gasteiger partial charge in [-0.25, -0.2) is 9.97 Å². The smallest absolute Gasteiger partial charge is 0.451 e. The van der Waals surface area contributed by atoms with Crippen molar-refractivity contribution >= 4 is 16.7 Å². The number of nitrogens with zero attached hydrogens (tertiary/aromatic N) is 2. The van der Waals surface area contributed by atoms with Crippen molar-refractivity contribution in [3.05, 3.63) is 47.8 Å². The van der Waals surface area contributed by atoms with E-state index in [2.05, 4.69) is 15.3 Å². The third-order valence-electron chi connectivity index (χ3n) is 4.04. The number of hydrogen-bond donors (Lipinski definition) is 1. The predicted molar refractivity (Wildman–Crippen MR) is 98.0 cm³/mol. The number of ether oxygens (including phenoxy) is 3. The van der Waals surface area contributed by atoms with Crippen LogP contribution in [0, 0.1) is 0 Å². The average Bonchev–Trinajstić information content (AvgIpc) is 2.70. The fourth-order valence-corrected chi connectivity index (χ4v) is 2.76. The topological polar surface area (TPSA) is 65.5 Å². The van der Waals surface area contributed by atoms with Crippen LogP contribution in [0.5, 0.6) is 17.2 Å². The van der Waals surface area contributed by atoms with Crippen LogP contribution in [-0.4, -0.2) is 31.3 Å². The van der Waals surface area contributed by atoms with Crippen LogP contribution in [0.3, 0.4) is 0 Å². The molecule has 0 bridgehead atoms. The van der Waals surface area contributed by atoms with Crippen LogP contribution in [0.25, 0.3) is 10.9 Å². The van der Waals surface area contributed by atoms with Gasteiger partial charge in [0.25, 0.3) is 0 Å². The molecule has 148 valence electrons. The number of benzene rings is 2. The molecule has 2 aromatic carbocycles. The van der Waals surface area contributed by atoms with Gasteiger partial charge in [0.15, 0.2) is 11.5 Å². The second-order valence-electron chi connectivity index (χ2n) is 5.80. The van der Waals surface area contributed by atoms with Gasteiger partial charge in [-0.1, -0.05) is 12.1 Å². The number of hydrogen-bond acceptors (Lipinski definition) is 6. The summed E-state index contributed by atoms with van der Waals surface area (Å²) < 4.78 is 55.3. The number of para-hydroxylation sites is 1. The molecule has 0 radical (unpaired) electrons. The van der Waals surface area contributed by atoms with E-state index in [9.17, 15) is 13.2 Å². The zero-order valence-electron chi connectivity index (χ0n) is 15.4. The first-order valence-electron chi connectivity index (χ1n) is 8.24. The Balaban J connectivity index is 1.98. The Morgan fingerprint density at radius 1 is 0.929 bits per heavy atom. The summed E-state index contributed by atoms with van der Waals surface area (Å²) in [6, 6.07) is 9.93. The molecule has 0 saturated heterocycles. The number of fused-ring (bicyclic) bond motifs is 1. The van der Waals surface area contributed by atoms with Crippen LogP contribution < -0.4 is 19.5 Å². The lowest BCUT2D eigenvalue weighted by Gasteiger charge is -2.15. The molecule has 28 heavy (non-hydrogen) atoms. The van der Waals surface area contributed by atoms with Gasteiger partial charge in [0.1, 0.15) is 5.82 Å². The Morgan fingerprint density at radius 2 is 1.57 bits per heavy atom. The van der Waals surface area contributed by atoms with Crippen LogP contribution in [-0.2, 0) is 12.7 Å². The zero-order chi connectivity index (χ0) is 20.3. The SMILES string of the molecule is COc1cc(CNc2nc(C(F)(F)F)nc3ccccc23)cc(OC)c1OC. The highest BCUT2D eigenvalue weighted by Crippen LogP contribution is 2.38. The summed E-state index contributed by atoms with van der Waals surface area (Å²) >= 11 is 0. The van der Waals surface area contributed by atoms with E-state index in [4.69, 9.17) is 14.2 Å². The van der Waals surface area contributed by atoms with Crippen molar-refractivity contribution in [1.29, 1.82) is 0 Å². The lowest BCUT2D eigenvalue weighted by molar-refractivity contribution is -0.144. The minimum atomic E-state index is -4.65. The van der Waals surface area contributed by atoms with Crippen LogP contribution in [0.4, 0.5) is 19.0 Å². The summed E-state index contributed by atoms with van der Waals surface area (Å²) in [4.78, 5) is 7.28. The van der Waals surface area contributed by atoms with E-state index in [1.165, 1.54) is 27.4 Å². The molecule has 1 aromatic heterocycles. The van der Waals surface area contributed by atoms with Crippen molar-refractivity contribution in [3.63, 3.8) is 0 Å². The van der Waals surface area contributed by atoms with Gasteiger partial charge in [0.05, 0.1) is 26.8 Å². The van der Waals surface area contributed by atoms with Crippen LogP contribution in [0.1, 0.15) is 11.4 Å². The Hall–Kier alpha value is -3.23. The van der Waals surface area contributed by atoms with E-state index >= 15 is 0 Å². The largest absolute Gasteiger partial charge is 0.493 e. The van der Waals surface area contributed by atoms with Crippen molar-refractivity contribution in [1.82, 2.24) is 9.97 Å². The fraction of sp³-hybridized carbons (Fsp3) is 0.263. The number of rotatable bonds is 6. The summed E-state index contributed by atoms with van der Waals surface area (Å²) in [7, 11) is 4.47. The highest BCUT2D eigenvalue weighted by Gasteiger charge is 2.35. The van der Waals surface area contributed by atoms with Gasteiger partial charge in [-0.3, -0.25) is 0 Å². The number of nitrogens with one attached hydrogen (secondary N) is 1. The standard InChI is InChI=1S/C19H18F3N3O3/c1-26-14-8-11(9-15(27-2)16(14)28-3)10-23-17-12-6-4-5-7-13(12)24-18(25-17)19(20,21)22/h4-9H,10H2,1-3H3,(H,23,24,25). The molecular weight excluding hydrogens is 375 g/mol. The number of anilines is 1. The predicted octanol–water partition coefficient (Wildman–Crippen LogP) is 4.29. The number of alkyl halides is 3. The highest BCUT2D eigenvalue weighted by atomic mass is 19.4. The molecule has 0 amide bonds. The van der Waals surface area contributed by atoms with Gasteiger partial charge in [0, 0.05) is 11.9 Å². The maximum Gasteiger partial charge on any atom is 0.451 e. The maximum absolute atomic E-state index is 13.1. The lowest BCUT2D eigenvalue weighted by atomic mass is 10.1. The first-order chi connectivity index (χ1) is 13.4. The number of aromatic nitrogens is 2. The third kappa shape index (κ3) is 3.88. The summed E-state index contributed by atoms with van der Waals surface area (Å²) in [6.07, 6.45) is -4.65. The summed E-state index contributed by atoms with van der Waals surface area (Å²) in [6.45, 7) is 0.190. The van der Waals surface area contributed by atoms with Crippen molar-refractivity contribution in [2.75, 3.05) is 26.6 Å². The highest BCUT2D eigenvalue weighted by molar-refractivity contribution is 5.89. The molecule has 1 N–H and O–H groups in total. The molecule has 0 aliphatic rings. The molecule has 0 atom stereocenters. The van der Waals surface area contributed by atoms with E-state index < -0.39 is 12.0 Å². The molecule has 0 unspecified atom stereocenters. The molecule has 0 aliphatic heterocycles. The summed E-state index contributed by atoms with van der Waals surface area (Å²) in [5.74, 6) is 0.218. The fourth-order valence-electron chi connectivity index (χ4n) is 2.76. The van der Waals surface area contributed by atoms with E-state index in [1.54, 1.807) is 30.3 Å². The number of halogens is 3. The van der Waals surface area contributed by atoms with Gasteiger partial charge < -0.3 is 19.5 Å². The van der Waals surface area contributed by atoms with E-state index in [-0.39, 0.29) is 17.9 Å². The Labute approximate surface area is 159 Å². The summed E-state index contributed by atoms with van der Waals surface area (Å²) in [5.41, 5.74) is 0.919. The second-order valence-corrected chi connectivity index (χ2v) is 5.80. The normalized spacial score (nSPS) is 11.4. The molecule has 0 saturated carbocycles.